The lowest BCUT2D eigenvalue weighted by atomic mass is 10.3. The van der Waals surface area contributed by atoms with Crippen LogP contribution in [0.4, 0.5) is 24.9 Å². The first-order valence-corrected chi connectivity index (χ1v) is 11.0. The Morgan fingerprint density at radius 1 is 1.26 bits per heavy atom. The minimum Gasteiger partial charge on any atom is -0.475 e. The van der Waals surface area contributed by atoms with E-state index in [2.05, 4.69) is 50.4 Å². The van der Waals surface area contributed by atoms with Crippen LogP contribution in [0.25, 0.3) is 11.0 Å². The number of thioether (sulfide) groups is 1. The highest BCUT2D eigenvalue weighted by Crippen LogP contribution is 2.23. The molecule has 0 saturated carbocycles. The van der Waals surface area contributed by atoms with Gasteiger partial charge >= 0.3 is 12.1 Å². The number of hydrogen-bond donors (Lipinski definition) is 4. The fraction of sp³-hybridized carbons (Fsp3) is 0.500. The van der Waals surface area contributed by atoms with Gasteiger partial charge in [-0.25, -0.2) is 9.78 Å². The highest BCUT2D eigenvalue weighted by atomic mass is 79.9. The van der Waals surface area contributed by atoms with Crippen molar-refractivity contribution in [1.29, 1.82) is 0 Å². The van der Waals surface area contributed by atoms with Crippen LogP contribution in [0.1, 0.15) is 13.8 Å². The lowest BCUT2D eigenvalue weighted by Gasteiger charge is -2.12. The Balaban J connectivity index is 0.000000592. The number of nitrogens with one attached hydrogen (secondary N) is 2. The summed E-state index contributed by atoms with van der Waals surface area (Å²) in [5.41, 5.74) is 3.14. The zero-order valence-electron chi connectivity index (χ0n) is 17.3. The van der Waals surface area contributed by atoms with Crippen LogP contribution in [0.15, 0.2) is 22.3 Å². The summed E-state index contributed by atoms with van der Waals surface area (Å²) in [5, 5.41) is 22.6. The second-order valence-electron chi connectivity index (χ2n) is 6.38. The highest BCUT2D eigenvalue weighted by molar-refractivity contribution is 9.11. The summed E-state index contributed by atoms with van der Waals surface area (Å²) >= 11 is 5.29. The number of hydrogen-bond acceptors (Lipinski definition) is 7. The number of allylic oxidation sites excluding steroid dienone is 1. The molecule has 0 saturated heterocycles. The van der Waals surface area contributed by atoms with Gasteiger partial charge in [-0.1, -0.05) is 21.5 Å². The molecule has 2 aromatic rings. The van der Waals surface area contributed by atoms with Crippen LogP contribution < -0.4 is 10.6 Å². The lowest BCUT2D eigenvalue weighted by Crippen LogP contribution is -2.21. The average Bonchev–Trinajstić information content (AvgIpc) is 3.06. The number of rotatable bonds is 9. The smallest absolute Gasteiger partial charge is 0.475 e. The van der Waals surface area contributed by atoms with E-state index < -0.39 is 12.1 Å². The maximum Gasteiger partial charge on any atom is 0.490 e. The Morgan fingerprint density at radius 3 is 2.45 bits per heavy atom. The van der Waals surface area contributed by atoms with Crippen molar-refractivity contribution in [2.75, 3.05) is 41.8 Å². The van der Waals surface area contributed by atoms with Crippen LogP contribution in [0.2, 0.25) is 0 Å². The first-order chi connectivity index (χ1) is 14.5. The highest BCUT2D eigenvalue weighted by Gasteiger charge is 2.38. The van der Waals surface area contributed by atoms with Crippen molar-refractivity contribution >= 4 is 56.5 Å². The van der Waals surface area contributed by atoms with Crippen molar-refractivity contribution in [3.63, 3.8) is 0 Å². The summed E-state index contributed by atoms with van der Waals surface area (Å²) in [6.07, 6.45) is -3.10. The predicted octanol–water partition coefficient (Wildman–Crippen LogP) is 3.84. The number of carboxylic acid groups (broad SMARTS) is 1. The molecule has 4 N–H and O–H groups in total. The Morgan fingerprint density at radius 2 is 1.90 bits per heavy atom. The molecule has 0 spiro atoms. The zero-order chi connectivity index (χ0) is 23.6. The number of carbonyl (C=O) groups is 1. The standard InChI is InChI=1S/C16H24BrN5OS.C2HF3O2/c1-11(2)12(17)10-19-15-14-13(4-6-22(14)3)20-16(21-15)18-5-8-24-9-7-23;3-2(4,5)1(6)7/h4,6,23H,5,7-10H2,1-3H3,(H2,18,19,20,21);(H,6,7). The van der Waals surface area contributed by atoms with Crippen LogP contribution >= 0.6 is 27.7 Å². The molecule has 8 nitrogen and oxygen atoms in total. The first-order valence-electron chi connectivity index (χ1n) is 9.08. The van der Waals surface area contributed by atoms with Crippen LogP contribution in [0.5, 0.6) is 0 Å². The molecule has 0 aliphatic heterocycles. The maximum atomic E-state index is 10.6. The first kappa shape index (κ1) is 27.0. The van der Waals surface area contributed by atoms with Crippen molar-refractivity contribution in [3.8, 4) is 0 Å². The van der Waals surface area contributed by atoms with Crippen molar-refractivity contribution in [2.24, 2.45) is 7.05 Å². The van der Waals surface area contributed by atoms with Gasteiger partial charge < -0.3 is 25.4 Å². The minimum absolute atomic E-state index is 0.213. The van der Waals surface area contributed by atoms with E-state index in [-0.39, 0.29) is 6.61 Å². The molecule has 0 fully saturated rings. The summed E-state index contributed by atoms with van der Waals surface area (Å²) in [5.74, 6) is 0.338. The Kier molecular flexibility index (Phi) is 11.1. The van der Waals surface area contributed by atoms with Gasteiger partial charge in [-0.05, 0) is 19.9 Å². The van der Waals surface area contributed by atoms with E-state index in [1.165, 1.54) is 5.57 Å². The van der Waals surface area contributed by atoms with Crippen molar-refractivity contribution in [1.82, 2.24) is 14.5 Å². The van der Waals surface area contributed by atoms with Gasteiger partial charge in [-0.15, -0.1) is 0 Å². The molecule has 0 unspecified atom stereocenters. The predicted molar refractivity (Wildman–Crippen MR) is 121 cm³/mol. The summed E-state index contributed by atoms with van der Waals surface area (Å²) in [6, 6.07) is 1.99. The molecule has 0 amide bonds. The molecule has 0 aromatic carbocycles. The largest absolute Gasteiger partial charge is 0.490 e. The van der Waals surface area contributed by atoms with Gasteiger partial charge in [0.25, 0.3) is 0 Å². The third-order valence-electron chi connectivity index (χ3n) is 3.68. The number of nitrogens with zero attached hydrogens (tertiary/aromatic N) is 3. The number of aryl methyl sites for hydroxylation is 1. The summed E-state index contributed by atoms with van der Waals surface area (Å²) < 4.78 is 34.9. The van der Waals surface area contributed by atoms with Crippen LogP contribution in [0.3, 0.4) is 0 Å². The maximum absolute atomic E-state index is 10.6. The number of aliphatic hydroxyl groups excluding tert-OH is 1. The number of carboxylic acids is 1. The Bertz CT molecular complexity index is 901. The summed E-state index contributed by atoms with van der Waals surface area (Å²) in [7, 11) is 1.99. The molecule has 0 atom stereocenters. The number of fused-ring (bicyclic) bond motifs is 1. The van der Waals surface area contributed by atoms with Crippen LogP contribution in [-0.2, 0) is 11.8 Å². The van der Waals surface area contributed by atoms with E-state index in [1.807, 2.05) is 23.9 Å². The molecule has 2 heterocycles. The molecule has 174 valence electrons. The summed E-state index contributed by atoms with van der Waals surface area (Å²) in [4.78, 5) is 18.1. The van der Waals surface area contributed by atoms with Crippen LogP contribution in [-0.4, -0.2) is 68.1 Å². The SMILES string of the molecule is CC(C)=C(Br)CNc1nc(NCCSCCO)nc2ccn(C)c12.O=C(O)C(F)(F)F. The van der Waals surface area contributed by atoms with E-state index in [0.29, 0.717) is 12.5 Å². The van der Waals surface area contributed by atoms with Gasteiger partial charge in [0, 0.05) is 42.3 Å². The van der Waals surface area contributed by atoms with E-state index in [0.717, 1.165) is 39.4 Å². The summed E-state index contributed by atoms with van der Waals surface area (Å²) in [6.45, 7) is 5.80. The number of halogens is 4. The quantitative estimate of drug-likeness (QED) is 0.364. The number of aromatic nitrogens is 3. The molecule has 0 bridgehead atoms. The molecule has 31 heavy (non-hydrogen) atoms. The van der Waals surface area contributed by atoms with Gasteiger partial charge in [-0.3, -0.25) is 0 Å². The second-order valence-corrected chi connectivity index (χ2v) is 8.56. The van der Waals surface area contributed by atoms with Gasteiger partial charge in [0.05, 0.1) is 12.1 Å². The monoisotopic (exact) mass is 527 g/mol. The van der Waals surface area contributed by atoms with E-state index in [9.17, 15) is 13.2 Å². The zero-order valence-corrected chi connectivity index (χ0v) is 19.7. The lowest BCUT2D eigenvalue weighted by molar-refractivity contribution is -0.192. The van der Waals surface area contributed by atoms with Crippen molar-refractivity contribution in [2.45, 2.75) is 20.0 Å². The third-order valence-corrected chi connectivity index (χ3v) is 5.72. The Hall–Kier alpha value is -1.99. The van der Waals surface area contributed by atoms with E-state index >= 15 is 0 Å². The molecule has 13 heteroatoms. The number of alkyl halides is 3. The van der Waals surface area contributed by atoms with Gasteiger partial charge in [0.2, 0.25) is 5.95 Å². The fourth-order valence-corrected chi connectivity index (χ4v) is 2.85. The molecule has 0 aliphatic carbocycles. The van der Waals surface area contributed by atoms with E-state index in [4.69, 9.17) is 15.0 Å². The van der Waals surface area contributed by atoms with Crippen molar-refractivity contribution in [3.05, 3.63) is 22.3 Å². The number of aliphatic carboxylic acids is 1. The number of aliphatic hydroxyl groups is 1. The average molecular weight is 528 g/mol. The molecular formula is C18H25BrF3N5O3S. The topological polar surface area (TPSA) is 112 Å². The van der Waals surface area contributed by atoms with Crippen molar-refractivity contribution < 1.29 is 28.2 Å². The van der Waals surface area contributed by atoms with E-state index in [1.54, 1.807) is 11.8 Å². The van der Waals surface area contributed by atoms with Crippen LogP contribution in [0, 0.1) is 0 Å². The minimum atomic E-state index is -5.08. The molecular weight excluding hydrogens is 503 g/mol. The normalized spacial score (nSPS) is 11.0. The number of anilines is 2. The molecule has 2 rings (SSSR count). The molecule has 0 radical (unpaired) electrons. The third kappa shape index (κ3) is 9.35. The fourth-order valence-electron chi connectivity index (χ4n) is 2.14. The van der Waals surface area contributed by atoms with Gasteiger partial charge in [0.1, 0.15) is 5.52 Å². The van der Waals surface area contributed by atoms with Gasteiger partial charge in [-0.2, -0.15) is 29.9 Å². The second kappa shape index (κ2) is 12.8. The molecule has 2 aromatic heterocycles. The molecule has 0 aliphatic rings. The van der Waals surface area contributed by atoms with Gasteiger partial charge in [0.15, 0.2) is 5.82 Å². The Labute approximate surface area is 190 Å².